The van der Waals surface area contributed by atoms with Crippen molar-refractivity contribution in [2.45, 2.75) is 46.3 Å². The fourth-order valence-corrected chi connectivity index (χ4v) is 6.00. The fraction of sp³-hybridized carbons (Fsp3) is 0.310. The van der Waals surface area contributed by atoms with Crippen molar-refractivity contribution in [3.8, 4) is 21.9 Å². The van der Waals surface area contributed by atoms with E-state index in [0.717, 1.165) is 55.7 Å². The molecule has 5 rings (SSSR count). The van der Waals surface area contributed by atoms with E-state index in [4.69, 9.17) is 14.5 Å². The number of hydrogen-bond acceptors (Lipinski definition) is 8. The molecule has 9 heteroatoms. The summed E-state index contributed by atoms with van der Waals surface area (Å²) in [6.45, 7) is 7.85. The number of carbonyl (C=O) groups is 1. The van der Waals surface area contributed by atoms with Gasteiger partial charge in [0.2, 0.25) is 0 Å². The van der Waals surface area contributed by atoms with Crippen LogP contribution in [0, 0.1) is 20.8 Å². The van der Waals surface area contributed by atoms with Crippen LogP contribution >= 0.6 is 11.3 Å². The third-order valence-electron chi connectivity index (χ3n) is 7.00. The Labute approximate surface area is 225 Å². The van der Waals surface area contributed by atoms with Crippen LogP contribution in [0.1, 0.15) is 64.3 Å². The Morgan fingerprint density at radius 3 is 2.45 bits per heavy atom. The monoisotopic (exact) mass is 530 g/mol. The summed E-state index contributed by atoms with van der Waals surface area (Å²) in [7, 11) is 3.02. The second kappa shape index (κ2) is 10.2. The maximum atomic E-state index is 12.3. The Kier molecular flexibility index (Phi) is 6.90. The lowest BCUT2D eigenvalue weighted by atomic mass is 9.95. The molecule has 3 heterocycles. The highest BCUT2D eigenvalue weighted by Crippen LogP contribution is 2.40. The number of esters is 1. The molecular formula is C29H30N4O4S. The molecule has 0 amide bonds. The Bertz CT molecular complexity index is 1550. The van der Waals surface area contributed by atoms with Gasteiger partial charge in [-0.2, -0.15) is 0 Å². The molecule has 0 fully saturated rings. The van der Waals surface area contributed by atoms with Gasteiger partial charge in [0.1, 0.15) is 22.6 Å². The largest absolute Gasteiger partial charge is 0.496 e. The van der Waals surface area contributed by atoms with E-state index < -0.39 is 12.1 Å². The summed E-state index contributed by atoms with van der Waals surface area (Å²) < 4.78 is 12.6. The highest BCUT2D eigenvalue weighted by molar-refractivity contribution is 7.15. The molecule has 1 unspecified atom stereocenters. The van der Waals surface area contributed by atoms with Crippen LogP contribution < -0.4 is 4.74 Å². The highest BCUT2D eigenvalue weighted by Gasteiger charge is 2.32. The number of aliphatic hydroxyl groups excluding tert-OH is 1. The van der Waals surface area contributed by atoms with Gasteiger partial charge in [-0.15, -0.1) is 21.5 Å². The Morgan fingerprint density at radius 1 is 1.08 bits per heavy atom. The quantitative estimate of drug-likeness (QED) is 0.334. The van der Waals surface area contributed by atoms with Crippen LogP contribution in [0.5, 0.6) is 5.75 Å². The van der Waals surface area contributed by atoms with Gasteiger partial charge < -0.3 is 14.6 Å². The predicted octanol–water partition coefficient (Wildman–Crippen LogP) is 5.44. The SMILES string of the molecule is COC(=O)C[C@@H]1N=C(c2ccc(-c3cc(C(C)O)ccc3OC)cc2)c2c(sc(C)c2C)-n2c(C)nnc21. The van der Waals surface area contributed by atoms with Crippen LogP contribution in [-0.2, 0) is 9.53 Å². The summed E-state index contributed by atoms with van der Waals surface area (Å²) >= 11 is 1.67. The lowest BCUT2D eigenvalue weighted by Gasteiger charge is -2.14. The van der Waals surface area contributed by atoms with Crippen molar-refractivity contribution in [2.24, 2.45) is 4.99 Å². The van der Waals surface area contributed by atoms with E-state index in [0.29, 0.717) is 5.82 Å². The smallest absolute Gasteiger partial charge is 0.308 e. The average molecular weight is 531 g/mol. The molecule has 8 nitrogen and oxygen atoms in total. The van der Waals surface area contributed by atoms with Crippen molar-refractivity contribution in [1.29, 1.82) is 0 Å². The Hall–Kier alpha value is -3.82. The molecule has 0 bridgehead atoms. The highest BCUT2D eigenvalue weighted by atomic mass is 32.1. The van der Waals surface area contributed by atoms with Crippen molar-refractivity contribution in [2.75, 3.05) is 14.2 Å². The number of aryl methyl sites for hydroxylation is 2. The number of rotatable bonds is 6. The number of hydrogen-bond donors (Lipinski definition) is 1. The molecule has 4 aromatic rings. The van der Waals surface area contributed by atoms with Crippen LogP contribution in [0.4, 0.5) is 0 Å². The van der Waals surface area contributed by atoms with Gasteiger partial charge in [0.05, 0.1) is 32.5 Å². The first-order valence-corrected chi connectivity index (χ1v) is 13.2. The van der Waals surface area contributed by atoms with Crippen molar-refractivity contribution in [3.05, 3.63) is 81.2 Å². The van der Waals surface area contributed by atoms with E-state index in [1.54, 1.807) is 25.4 Å². The van der Waals surface area contributed by atoms with Crippen molar-refractivity contribution >= 4 is 23.0 Å². The fourth-order valence-electron chi connectivity index (χ4n) is 4.78. The summed E-state index contributed by atoms with van der Waals surface area (Å²) in [4.78, 5) is 18.6. The van der Waals surface area contributed by atoms with Gasteiger partial charge in [0.25, 0.3) is 0 Å². The molecule has 38 heavy (non-hydrogen) atoms. The molecule has 1 aliphatic rings. The number of fused-ring (bicyclic) bond motifs is 3. The van der Waals surface area contributed by atoms with Crippen LogP contribution in [-0.4, -0.2) is 45.8 Å². The van der Waals surface area contributed by atoms with Gasteiger partial charge in [-0.1, -0.05) is 30.3 Å². The minimum absolute atomic E-state index is 0.0620. The summed E-state index contributed by atoms with van der Waals surface area (Å²) in [5.74, 6) is 1.74. The maximum Gasteiger partial charge on any atom is 0.308 e. The van der Waals surface area contributed by atoms with Crippen LogP contribution in [0.3, 0.4) is 0 Å². The van der Waals surface area contributed by atoms with E-state index in [1.807, 2.05) is 54.0 Å². The lowest BCUT2D eigenvalue weighted by molar-refractivity contribution is -0.141. The van der Waals surface area contributed by atoms with E-state index >= 15 is 0 Å². The number of aliphatic imine (C=N–C) groups is 1. The average Bonchev–Trinajstić information content (AvgIpc) is 3.40. The number of aromatic nitrogens is 3. The van der Waals surface area contributed by atoms with E-state index in [1.165, 1.54) is 12.0 Å². The maximum absolute atomic E-state index is 12.3. The summed E-state index contributed by atoms with van der Waals surface area (Å²) in [5.41, 5.74) is 6.55. The number of carbonyl (C=O) groups excluding carboxylic acids is 1. The number of aliphatic hydroxyl groups is 1. The molecule has 0 spiro atoms. The molecule has 1 N–H and O–H groups in total. The zero-order valence-corrected chi connectivity index (χ0v) is 23.1. The van der Waals surface area contributed by atoms with Crippen LogP contribution in [0.2, 0.25) is 0 Å². The molecule has 196 valence electrons. The van der Waals surface area contributed by atoms with Gasteiger partial charge in [0, 0.05) is 21.6 Å². The lowest BCUT2D eigenvalue weighted by Crippen LogP contribution is -2.12. The third-order valence-corrected chi connectivity index (χ3v) is 8.19. The van der Waals surface area contributed by atoms with Crippen molar-refractivity contribution in [3.63, 3.8) is 0 Å². The molecule has 0 saturated carbocycles. The molecule has 0 aliphatic carbocycles. The minimum atomic E-state index is -0.585. The van der Waals surface area contributed by atoms with Gasteiger partial charge >= 0.3 is 5.97 Å². The number of ether oxygens (including phenoxy) is 2. The van der Waals surface area contributed by atoms with Gasteiger partial charge in [-0.3, -0.25) is 14.4 Å². The van der Waals surface area contributed by atoms with Crippen LogP contribution in [0.15, 0.2) is 47.5 Å². The van der Waals surface area contributed by atoms with Crippen molar-refractivity contribution in [1.82, 2.24) is 14.8 Å². The van der Waals surface area contributed by atoms with Gasteiger partial charge in [-0.05, 0) is 56.5 Å². The first-order valence-electron chi connectivity index (χ1n) is 12.4. The topological polar surface area (TPSA) is 98.8 Å². The zero-order valence-electron chi connectivity index (χ0n) is 22.3. The second-order valence-corrected chi connectivity index (χ2v) is 10.6. The van der Waals surface area contributed by atoms with E-state index in [-0.39, 0.29) is 12.4 Å². The summed E-state index contributed by atoms with van der Waals surface area (Å²) in [5, 5.41) is 19.8. The van der Waals surface area contributed by atoms with Crippen molar-refractivity contribution < 1.29 is 19.4 Å². The number of methoxy groups -OCH3 is 2. The molecule has 2 aromatic carbocycles. The van der Waals surface area contributed by atoms with E-state index in [2.05, 4.69) is 24.0 Å². The second-order valence-electron chi connectivity index (χ2n) is 9.39. The first-order chi connectivity index (χ1) is 18.2. The summed E-state index contributed by atoms with van der Waals surface area (Å²) in [6.07, 6.45) is -0.523. The first kappa shape index (κ1) is 25.8. The Morgan fingerprint density at radius 2 is 1.79 bits per heavy atom. The van der Waals surface area contributed by atoms with E-state index in [9.17, 15) is 9.90 Å². The summed E-state index contributed by atoms with van der Waals surface area (Å²) in [6, 6.07) is 13.3. The predicted molar refractivity (Wildman–Crippen MR) is 148 cm³/mol. The third kappa shape index (κ3) is 4.41. The number of benzene rings is 2. The normalized spacial score (nSPS) is 15.2. The number of thiophene rings is 1. The molecule has 1 aliphatic heterocycles. The van der Waals surface area contributed by atoms with Gasteiger partial charge in [0.15, 0.2) is 5.82 Å². The van der Waals surface area contributed by atoms with Gasteiger partial charge in [-0.25, -0.2) is 0 Å². The molecular weight excluding hydrogens is 500 g/mol. The Balaban J connectivity index is 1.66. The molecule has 2 atom stereocenters. The standard InChI is InChI=1S/C29H30N4O4S/c1-15-17(3)38-29-26(15)27(30-23(14-25(35)37-6)28-32-31-18(4)33(28)29)20-9-7-19(8-10-20)22-13-21(16(2)34)11-12-24(22)36-5/h7-13,16,23,34H,14H2,1-6H3/t16?,23-/m0/s1. The van der Waals surface area contributed by atoms with Crippen LogP contribution in [0.25, 0.3) is 16.1 Å². The number of nitrogens with zero attached hydrogens (tertiary/aromatic N) is 4. The molecule has 0 radical (unpaired) electrons. The zero-order chi connectivity index (χ0) is 27.1. The molecule has 2 aromatic heterocycles. The molecule has 0 saturated heterocycles. The minimum Gasteiger partial charge on any atom is -0.496 e.